The fourth-order valence-electron chi connectivity index (χ4n) is 3.31. The van der Waals surface area contributed by atoms with Crippen LogP contribution in [0.15, 0.2) is 35.2 Å². The van der Waals surface area contributed by atoms with Gasteiger partial charge in [-0.25, -0.2) is 13.1 Å². The van der Waals surface area contributed by atoms with Crippen LogP contribution in [0.5, 0.6) is 0 Å². The lowest BCUT2D eigenvalue weighted by molar-refractivity contribution is -0.130. The highest BCUT2D eigenvalue weighted by molar-refractivity contribution is 7.92. The second kappa shape index (κ2) is 8.80. The van der Waals surface area contributed by atoms with E-state index in [2.05, 4.69) is 21.0 Å². The number of sulfone groups is 1. The third-order valence-corrected chi connectivity index (χ3v) is 7.64. The summed E-state index contributed by atoms with van der Waals surface area (Å²) >= 11 is 0. The average Bonchev–Trinajstić information content (AvgIpc) is 3.05. The Hall–Kier alpha value is -2.72. The molecule has 0 radical (unpaired) electrons. The summed E-state index contributed by atoms with van der Waals surface area (Å²) in [5.74, 6) is -0.0724. The topological polar surface area (TPSA) is 122 Å². The Morgan fingerprint density at radius 3 is 2.45 bits per heavy atom. The summed E-state index contributed by atoms with van der Waals surface area (Å²) in [4.78, 5) is 25.0. The normalized spacial score (nSPS) is 21.7. The van der Waals surface area contributed by atoms with Crippen LogP contribution in [0.25, 0.3) is 0 Å². The van der Waals surface area contributed by atoms with Crippen LogP contribution in [0.3, 0.4) is 0 Å². The zero-order valence-electron chi connectivity index (χ0n) is 18.3. The van der Waals surface area contributed by atoms with Crippen LogP contribution in [-0.4, -0.2) is 41.3 Å². The molecule has 2 aromatic rings. The number of benzene rings is 1. The summed E-state index contributed by atoms with van der Waals surface area (Å²) in [5.41, 5.74) is 1.38. The molecule has 31 heavy (non-hydrogen) atoms. The van der Waals surface area contributed by atoms with Gasteiger partial charge < -0.3 is 10.6 Å². The number of aryl methyl sites for hydroxylation is 1. The first-order chi connectivity index (χ1) is 14.5. The van der Waals surface area contributed by atoms with Crippen molar-refractivity contribution >= 4 is 27.5 Å². The van der Waals surface area contributed by atoms with E-state index in [4.69, 9.17) is 0 Å². The monoisotopic (exact) mass is 447 g/mol. The molecule has 1 fully saturated rings. The molecule has 1 aliphatic rings. The van der Waals surface area contributed by atoms with Crippen molar-refractivity contribution in [3.05, 3.63) is 41.6 Å². The Morgan fingerprint density at radius 2 is 1.87 bits per heavy atom. The maximum absolute atomic E-state index is 12.6. The number of aromatic nitrogens is 2. The number of hydrogen-bond acceptors (Lipinski definition) is 6. The number of carbonyl (C=O) groups excluding carboxylic acids is 2. The highest BCUT2D eigenvalue weighted by Crippen LogP contribution is 2.20. The van der Waals surface area contributed by atoms with Crippen molar-refractivity contribution in [2.75, 3.05) is 5.32 Å². The molecule has 3 unspecified atom stereocenters. The molecule has 3 rings (SSSR count). The van der Waals surface area contributed by atoms with E-state index >= 15 is 0 Å². The molecule has 1 aromatic carbocycles. The van der Waals surface area contributed by atoms with Crippen LogP contribution in [0.2, 0.25) is 0 Å². The van der Waals surface area contributed by atoms with Crippen molar-refractivity contribution in [1.82, 2.24) is 20.4 Å². The van der Waals surface area contributed by atoms with Gasteiger partial charge in [-0.05, 0) is 45.4 Å². The minimum Gasteiger partial charge on any atom is -0.322 e. The molecule has 0 spiro atoms. The lowest BCUT2D eigenvalue weighted by atomic mass is 10.0. The van der Waals surface area contributed by atoms with Crippen molar-refractivity contribution < 1.29 is 18.0 Å². The van der Waals surface area contributed by atoms with Gasteiger partial charge in [0.2, 0.25) is 11.8 Å². The number of hydrogen-bond donors (Lipinski definition) is 3. The van der Waals surface area contributed by atoms with Crippen LogP contribution >= 0.6 is 0 Å². The molecular weight excluding hydrogens is 418 g/mol. The number of nitrogens with zero attached hydrogens (tertiary/aromatic N) is 2. The fourth-order valence-corrected chi connectivity index (χ4v) is 4.37. The van der Waals surface area contributed by atoms with Crippen molar-refractivity contribution in [2.45, 2.75) is 63.5 Å². The third kappa shape index (κ3) is 4.96. The lowest BCUT2D eigenvalue weighted by Crippen LogP contribution is -2.57. The van der Waals surface area contributed by atoms with Crippen LogP contribution in [-0.2, 0) is 25.8 Å². The second-order valence-electron chi connectivity index (χ2n) is 8.23. The standard InChI is InChI=1S/C21H29N5O4S/c1-12(2)31(29,30)17-8-6-16(7-9-17)11-19(27)23-18-10-13(3)25-26(18)21-22-15(5)14(4)20(28)24-21/h6-10,12,14-15,21-22H,11H2,1-5H3,(H,23,27)(H,24,28). The average molecular weight is 448 g/mol. The summed E-state index contributed by atoms with van der Waals surface area (Å²) in [7, 11) is -3.35. The molecule has 1 aromatic heterocycles. The van der Waals surface area contributed by atoms with Gasteiger partial charge in [-0.15, -0.1) is 0 Å². The van der Waals surface area contributed by atoms with E-state index in [-0.39, 0.29) is 35.1 Å². The zero-order valence-corrected chi connectivity index (χ0v) is 19.2. The van der Waals surface area contributed by atoms with Gasteiger partial charge in [0.05, 0.1) is 28.2 Å². The fraction of sp³-hybridized carbons (Fsp3) is 0.476. The molecule has 3 N–H and O–H groups in total. The molecule has 2 heterocycles. The van der Waals surface area contributed by atoms with Gasteiger partial charge in [0.25, 0.3) is 0 Å². The van der Waals surface area contributed by atoms with E-state index in [9.17, 15) is 18.0 Å². The quantitative estimate of drug-likeness (QED) is 0.620. The number of carbonyl (C=O) groups is 2. The summed E-state index contributed by atoms with van der Waals surface area (Å²) < 4.78 is 26.0. The first kappa shape index (κ1) is 23.0. The van der Waals surface area contributed by atoms with Crippen molar-refractivity contribution in [2.24, 2.45) is 5.92 Å². The van der Waals surface area contributed by atoms with Crippen LogP contribution in [0.4, 0.5) is 5.82 Å². The Balaban J connectivity index is 1.71. The van der Waals surface area contributed by atoms with Gasteiger partial charge in [-0.1, -0.05) is 19.1 Å². The molecular formula is C21H29N5O4S. The van der Waals surface area contributed by atoms with Crippen LogP contribution in [0, 0.1) is 12.8 Å². The van der Waals surface area contributed by atoms with Gasteiger partial charge in [-0.3, -0.25) is 14.9 Å². The van der Waals surface area contributed by atoms with E-state index in [1.54, 1.807) is 43.7 Å². The van der Waals surface area contributed by atoms with Gasteiger partial charge in [0.1, 0.15) is 5.82 Å². The molecule has 0 saturated carbocycles. The Kier molecular flexibility index (Phi) is 6.51. The van der Waals surface area contributed by atoms with E-state index in [0.717, 1.165) is 0 Å². The first-order valence-electron chi connectivity index (χ1n) is 10.2. The van der Waals surface area contributed by atoms with Gasteiger partial charge in [0.15, 0.2) is 16.1 Å². The summed E-state index contributed by atoms with van der Waals surface area (Å²) in [6.45, 7) is 8.84. The molecule has 1 aliphatic heterocycles. The van der Waals surface area contributed by atoms with Crippen molar-refractivity contribution in [3.8, 4) is 0 Å². The summed E-state index contributed by atoms with van der Waals surface area (Å²) in [6.07, 6.45) is -0.493. The molecule has 1 saturated heterocycles. The van der Waals surface area contributed by atoms with Crippen LogP contribution in [0.1, 0.15) is 45.2 Å². The SMILES string of the molecule is Cc1cc(NC(=O)Cc2ccc(S(=O)(=O)C(C)C)cc2)n(C2NC(=O)C(C)C(C)N2)n1. The van der Waals surface area contributed by atoms with Crippen molar-refractivity contribution in [1.29, 1.82) is 0 Å². The Bertz CT molecular complexity index is 1080. The lowest BCUT2D eigenvalue weighted by Gasteiger charge is -2.34. The second-order valence-corrected chi connectivity index (χ2v) is 10.7. The number of nitrogens with one attached hydrogen (secondary N) is 3. The van der Waals surface area contributed by atoms with E-state index in [1.807, 2.05) is 13.8 Å². The Labute approximate surface area is 182 Å². The number of anilines is 1. The maximum atomic E-state index is 12.6. The molecule has 9 nitrogen and oxygen atoms in total. The minimum atomic E-state index is -3.35. The van der Waals surface area contributed by atoms with Crippen molar-refractivity contribution in [3.63, 3.8) is 0 Å². The highest BCUT2D eigenvalue weighted by atomic mass is 32.2. The first-order valence-corrected chi connectivity index (χ1v) is 11.8. The summed E-state index contributed by atoms with van der Waals surface area (Å²) in [5, 5.41) is 12.9. The zero-order chi connectivity index (χ0) is 22.9. The molecule has 3 atom stereocenters. The smallest absolute Gasteiger partial charge is 0.229 e. The molecule has 10 heteroatoms. The van der Waals surface area contributed by atoms with Gasteiger partial charge >= 0.3 is 0 Å². The summed E-state index contributed by atoms with van der Waals surface area (Å²) in [6, 6.07) is 8.01. The maximum Gasteiger partial charge on any atom is 0.229 e. The molecule has 0 bridgehead atoms. The predicted molar refractivity (Wildman–Crippen MR) is 117 cm³/mol. The van der Waals surface area contributed by atoms with E-state index in [1.165, 1.54) is 12.1 Å². The van der Waals surface area contributed by atoms with Gasteiger partial charge in [0, 0.05) is 12.1 Å². The molecule has 2 amide bonds. The van der Waals surface area contributed by atoms with E-state index < -0.39 is 21.4 Å². The Morgan fingerprint density at radius 1 is 1.23 bits per heavy atom. The van der Waals surface area contributed by atoms with Gasteiger partial charge in [-0.2, -0.15) is 5.10 Å². The van der Waals surface area contributed by atoms with Crippen LogP contribution < -0.4 is 16.0 Å². The predicted octanol–water partition coefficient (Wildman–Crippen LogP) is 1.75. The third-order valence-electron chi connectivity index (χ3n) is 5.47. The number of amides is 2. The minimum absolute atomic E-state index is 0.0487. The largest absolute Gasteiger partial charge is 0.322 e. The van der Waals surface area contributed by atoms with E-state index in [0.29, 0.717) is 17.1 Å². The molecule has 0 aliphatic carbocycles. The molecule has 168 valence electrons. The highest BCUT2D eigenvalue weighted by Gasteiger charge is 2.32. The number of rotatable bonds is 6.